The molecule has 0 saturated heterocycles. The molecule has 7 nitrogen and oxygen atoms in total. The van der Waals surface area contributed by atoms with Gasteiger partial charge in [-0.05, 0) is 37.5 Å². The van der Waals surface area contributed by atoms with Gasteiger partial charge in [-0.3, -0.25) is 14.5 Å². The molecule has 2 aliphatic heterocycles. The number of hydrogen-bond acceptors (Lipinski definition) is 3. The SMILES string of the molecule is CCN1C(=O)N[C@H](c2cccc(F)c2)C2=C1CN([C@@H](C)C(=O)NCC(C)C)C2=O. The van der Waals surface area contributed by atoms with E-state index in [9.17, 15) is 18.8 Å². The minimum atomic E-state index is -0.751. The summed E-state index contributed by atoms with van der Waals surface area (Å²) in [6, 6.07) is 4.06. The predicted octanol–water partition coefficient (Wildman–Crippen LogP) is 2.17. The first-order valence-electron chi connectivity index (χ1n) is 9.89. The quantitative estimate of drug-likeness (QED) is 0.765. The van der Waals surface area contributed by atoms with Crippen LogP contribution in [0.25, 0.3) is 0 Å². The molecule has 29 heavy (non-hydrogen) atoms. The summed E-state index contributed by atoms with van der Waals surface area (Å²) in [6.45, 7) is 8.55. The van der Waals surface area contributed by atoms with Crippen molar-refractivity contribution in [2.75, 3.05) is 19.6 Å². The van der Waals surface area contributed by atoms with E-state index in [0.717, 1.165) is 0 Å². The molecule has 2 heterocycles. The van der Waals surface area contributed by atoms with Gasteiger partial charge in [0.05, 0.1) is 23.9 Å². The molecule has 2 atom stereocenters. The number of nitrogens with zero attached hydrogens (tertiary/aromatic N) is 2. The molecule has 0 spiro atoms. The van der Waals surface area contributed by atoms with Crippen molar-refractivity contribution in [3.8, 4) is 0 Å². The fraction of sp³-hybridized carbons (Fsp3) is 0.476. The third-order valence-electron chi connectivity index (χ3n) is 5.28. The van der Waals surface area contributed by atoms with E-state index in [1.54, 1.807) is 19.1 Å². The zero-order chi connectivity index (χ0) is 21.3. The summed E-state index contributed by atoms with van der Waals surface area (Å²) in [7, 11) is 0. The molecule has 156 valence electrons. The number of hydrogen-bond donors (Lipinski definition) is 2. The molecule has 1 aromatic carbocycles. The van der Waals surface area contributed by atoms with Crippen LogP contribution >= 0.6 is 0 Å². The molecule has 0 unspecified atom stereocenters. The molecule has 1 aromatic rings. The molecule has 4 amide bonds. The number of urea groups is 1. The highest BCUT2D eigenvalue weighted by molar-refractivity contribution is 6.03. The van der Waals surface area contributed by atoms with Crippen LogP contribution in [0.15, 0.2) is 35.5 Å². The first kappa shape index (κ1) is 20.8. The summed E-state index contributed by atoms with van der Waals surface area (Å²) in [4.78, 5) is 41.4. The second kappa shape index (κ2) is 8.23. The van der Waals surface area contributed by atoms with Crippen LogP contribution in [0.3, 0.4) is 0 Å². The third kappa shape index (κ3) is 3.97. The predicted molar refractivity (Wildman–Crippen MR) is 106 cm³/mol. The van der Waals surface area contributed by atoms with Crippen molar-refractivity contribution in [2.45, 2.75) is 39.8 Å². The zero-order valence-electron chi connectivity index (χ0n) is 17.2. The van der Waals surface area contributed by atoms with Crippen LogP contribution in [0.2, 0.25) is 0 Å². The highest BCUT2D eigenvalue weighted by Gasteiger charge is 2.45. The van der Waals surface area contributed by atoms with Gasteiger partial charge in [-0.15, -0.1) is 0 Å². The largest absolute Gasteiger partial charge is 0.354 e. The van der Waals surface area contributed by atoms with Crippen molar-refractivity contribution < 1.29 is 18.8 Å². The minimum absolute atomic E-state index is 0.164. The molecule has 8 heteroatoms. The topological polar surface area (TPSA) is 81.8 Å². The van der Waals surface area contributed by atoms with Crippen molar-refractivity contribution in [1.29, 1.82) is 0 Å². The van der Waals surface area contributed by atoms with Gasteiger partial charge in [0.25, 0.3) is 5.91 Å². The fourth-order valence-electron chi connectivity index (χ4n) is 3.69. The van der Waals surface area contributed by atoms with E-state index in [1.807, 2.05) is 20.8 Å². The number of carbonyl (C=O) groups excluding carboxylic acids is 3. The summed E-state index contributed by atoms with van der Waals surface area (Å²) < 4.78 is 13.8. The molecule has 2 N–H and O–H groups in total. The average Bonchev–Trinajstić information content (AvgIpc) is 3.02. The van der Waals surface area contributed by atoms with Crippen LogP contribution < -0.4 is 10.6 Å². The molecule has 0 aliphatic carbocycles. The summed E-state index contributed by atoms with van der Waals surface area (Å²) in [5, 5.41) is 5.65. The lowest BCUT2D eigenvalue weighted by Gasteiger charge is -2.32. The van der Waals surface area contributed by atoms with Gasteiger partial charge in [0.1, 0.15) is 11.9 Å². The van der Waals surface area contributed by atoms with E-state index in [2.05, 4.69) is 10.6 Å². The first-order valence-corrected chi connectivity index (χ1v) is 9.89. The normalized spacial score (nSPS) is 20.1. The maximum Gasteiger partial charge on any atom is 0.322 e. The molecule has 0 aromatic heterocycles. The molecular weight excluding hydrogens is 375 g/mol. The summed E-state index contributed by atoms with van der Waals surface area (Å²) in [5.74, 6) is -0.710. The highest BCUT2D eigenvalue weighted by atomic mass is 19.1. The second-order valence-corrected chi connectivity index (χ2v) is 7.79. The minimum Gasteiger partial charge on any atom is -0.354 e. The number of benzene rings is 1. The molecule has 0 saturated carbocycles. The van der Waals surface area contributed by atoms with Gasteiger partial charge in [-0.1, -0.05) is 26.0 Å². The number of carbonyl (C=O) groups is 3. The van der Waals surface area contributed by atoms with Crippen LogP contribution in [0.4, 0.5) is 9.18 Å². The van der Waals surface area contributed by atoms with Gasteiger partial charge in [-0.25, -0.2) is 9.18 Å². The maximum absolute atomic E-state index is 13.8. The van der Waals surface area contributed by atoms with Gasteiger partial charge in [0.2, 0.25) is 5.91 Å². The zero-order valence-corrected chi connectivity index (χ0v) is 17.2. The Kier molecular flexibility index (Phi) is 5.91. The van der Waals surface area contributed by atoms with Crippen LogP contribution in [0.5, 0.6) is 0 Å². The van der Waals surface area contributed by atoms with Gasteiger partial charge in [0, 0.05) is 13.1 Å². The number of amides is 4. The van der Waals surface area contributed by atoms with Gasteiger partial charge < -0.3 is 15.5 Å². The van der Waals surface area contributed by atoms with E-state index in [1.165, 1.54) is 21.9 Å². The Balaban J connectivity index is 1.92. The highest BCUT2D eigenvalue weighted by Crippen LogP contribution is 2.37. The Labute approximate surface area is 169 Å². The van der Waals surface area contributed by atoms with Gasteiger partial charge in [-0.2, -0.15) is 0 Å². The molecule has 3 rings (SSSR count). The molecule has 0 fully saturated rings. The lowest BCUT2D eigenvalue weighted by Crippen LogP contribution is -2.47. The Morgan fingerprint density at radius 2 is 2.03 bits per heavy atom. The van der Waals surface area contributed by atoms with E-state index < -0.39 is 17.9 Å². The van der Waals surface area contributed by atoms with Crippen molar-refractivity contribution in [3.63, 3.8) is 0 Å². The molecular formula is C21H27FN4O3. The Bertz CT molecular complexity index is 867. The summed E-state index contributed by atoms with van der Waals surface area (Å²) >= 11 is 0. The fourth-order valence-corrected chi connectivity index (χ4v) is 3.69. The van der Waals surface area contributed by atoms with Crippen molar-refractivity contribution in [3.05, 3.63) is 46.9 Å². The number of halogens is 1. The summed E-state index contributed by atoms with van der Waals surface area (Å²) in [6.07, 6.45) is 0. The third-order valence-corrected chi connectivity index (χ3v) is 5.28. The number of rotatable bonds is 6. The van der Waals surface area contributed by atoms with Gasteiger partial charge >= 0.3 is 6.03 Å². The number of nitrogens with one attached hydrogen (secondary N) is 2. The smallest absolute Gasteiger partial charge is 0.322 e. The molecule has 0 bridgehead atoms. The van der Waals surface area contributed by atoms with Crippen molar-refractivity contribution >= 4 is 17.8 Å². The molecule has 0 radical (unpaired) electrons. The average molecular weight is 402 g/mol. The standard InChI is InChI=1S/C21H27FN4O3/c1-5-25-16-11-26(13(4)19(27)23-10-12(2)3)20(28)17(16)18(24-21(25)29)14-7-6-8-15(22)9-14/h6-9,12-13,18H,5,10-11H2,1-4H3,(H,23,27)(H,24,29)/t13-,18+/m0/s1. The monoisotopic (exact) mass is 402 g/mol. The Morgan fingerprint density at radius 1 is 1.31 bits per heavy atom. The van der Waals surface area contributed by atoms with Crippen molar-refractivity contribution in [1.82, 2.24) is 20.4 Å². The van der Waals surface area contributed by atoms with Crippen LogP contribution in [0, 0.1) is 11.7 Å². The van der Waals surface area contributed by atoms with Crippen LogP contribution in [-0.4, -0.2) is 53.3 Å². The van der Waals surface area contributed by atoms with Crippen LogP contribution in [0.1, 0.15) is 39.3 Å². The van der Waals surface area contributed by atoms with E-state index in [-0.39, 0.29) is 24.4 Å². The molecule has 2 aliphatic rings. The van der Waals surface area contributed by atoms with E-state index >= 15 is 0 Å². The van der Waals surface area contributed by atoms with Gasteiger partial charge in [0.15, 0.2) is 0 Å². The van der Waals surface area contributed by atoms with E-state index in [0.29, 0.717) is 35.8 Å². The van der Waals surface area contributed by atoms with Crippen molar-refractivity contribution in [2.24, 2.45) is 5.92 Å². The Morgan fingerprint density at radius 3 is 2.66 bits per heavy atom. The van der Waals surface area contributed by atoms with E-state index in [4.69, 9.17) is 0 Å². The first-order chi connectivity index (χ1) is 13.7. The maximum atomic E-state index is 13.8. The Hall–Kier alpha value is -2.90. The lowest BCUT2D eigenvalue weighted by atomic mass is 9.95. The van der Waals surface area contributed by atoms with Crippen LogP contribution in [-0.2, 0) is 9.59 Å². The summed E-state index contributed by atoms with van der Waals surface area (Å²) in [5.41, 5.74) is 1.45. The lowest BCUT2D eigenvalue weighted by molar-refractivity contribution is -0.135. The number of likely N-dealkylation sites (N-methyl/N-ethyl adjacent to an activating group) is 1. The second-order valence-electron chi connectivity index (χ2n) is 7.79.